The van der Waals surface area contributed by atoms with Crippen molar-refractivity contribution in [3.05, 3.63) is 29.8 Å². The highest BCUT2D eigenvalue weighted by Gasteiger charge is 2.36. The number of nitrogens with zero attached hydrogens (tertiary/aromatic N) is 1. The monoisotopic (exact) mass is 390 g/mol. The van der Waals surface area contributed by atoms with Crippen LogP contribution in [-0.2, 0) is 25.8 Å². The maximum atomic E-state index is 12.9. The Bertz CT molecular complexity index is 843. The Hall–Kier alpha value is -1.89. The maximum Gasteiger partial charge on any atom is 0.230 e. The molecule has 2 heterocycles. The van der Waals surface area contributed by atoms with Crippen LogP contribution in [0.4, 0.5) is 5.69 Å². The lowest BCUT2D eigenvalue weighted by Gasteiger charge is -2.30. The lowest BCUT2D eigenvalue weighted by atomic mass is 9.80. The van der Waals surface area contributed by atoms with Crippen LogP contribution in [0.15, 0.2) is 24.3 Å². The molecule has 1 saturated heterocycles. The van der Waals surface area contributed by atoms with Crippen LogP contribution >= 0.6 is 0 Å². The van der Waals surface area contributed by atoms with E-state index in [1.807, 2.05) is 23.1 Å². The molecule has 27 heavy (non-hydrogen) atoms. The van der Waals surface area contributed by atoms with Gasteiger partial charge in [-0.2, -0.15) is 0 Å². The van der Waals surface area contributed by atoms with Crippen LogP contribution in [0.2, 0.25) is 0 Å². The van der Waals surface area contributed by atoms with Gasteiger partial charge in [0.15, 0.2) is 9.84 Å². The molecule has 1 atom stereocenters. The zero-order chi connectivity index (χ0) is 19.0. The molecule has 1 N–H and O–H groups in total. The maximum absolute atomic E-state index is 12.9. The minimum atomic E-state index is -2.99. The molecule has 0 spiro atoms. The standard InChI is InChI=1S/C20H26N2O4S/c23-19(21-17-10-12-27(25,26)13-17)15-5-7-16(8-6-15)20(24)22-11-9-14-3-1-2-4-18(14)22/h1-4,15-17H,5-13H2,(H,21,23). The van der Waals surface area contributed by atoms with Crippen LogP contribution in [0.1, 0.15) is 37.7 Å². The molecule has 0 aromatic heterocycles. The average Bonchev–Trinajstić information content (AvgIpc) is 3.24. The SMILES string of the molecule is O=C(NC1CCS(=O)(=O)C1)C1CCC(C(=O)N2CCc3ccccc32)CC1. The van der Waals surface area contributed by atoms with Crippen LogP contribution < -0.4 is 10.2 Å². The van der Waals surface area contributed by atoms with Crippen LogP contribution in [0.3, 0.4) is 0 Å². The van der Waals surface area contributed by atoms with Gasteiger partial charge in [0, 0.05) is 30.1 Å². The number of rotatable bonds is 3. The third-order valence-corrected chi connectivity index (χ3v) is 7.95. The Kier molecular flexibility index (Phi) is 4.97. The first-order valence-corrected chi connectivity index (χ1v) is 11.7. The van der Waals surface area contributed by atoms with Crippen molar-refractivity contribution in [3.63, 3.8) is 0 Å². The van der Waals surface area contributed by atoms with Crippen molar-refractivity contribution in [1.29, 1.82) is 0 Å². The predicted octanol–water partition coefficient (Wildman–Crippen LogP) is 1.69. The number of benzene rings is 1. The Balaban J connectivity index is 1.30. The average molecular weight is 391 g/mol. The fourth-order valence-corrected chi connectivity index (χ4v) is 6.29. The molecule has 1 aliphatic carbocycles. The zero-order valence-corrected chi connectivity index (χ0v) is 16.2. The van der Waals surface area contributed by atoms with Crippen LogP contribution in [0.25, 0.3) is 0 Å². The summed E-state index contributed by atoms with van der Waals surface area (Å²) in [7, 11) is -2.99. The van der Waals surface area contributed by atoms with E-state index >= 15 is 0 Å². The van der Waals surface area contributed by atoms with Gasteiger partial charge in [-0.15, -0.1) is 0 Å². The van der Waals surface area contributed by atoms with Crippen molar-refractivity contribution >= 4 is 27.3 Å². The summed E-state index contributed by atoms with van der Waals surface area (Å²) in [5.41, 5.74) is 2.26. The fraction of sp³-hybridized carbons (Fsp3) is 0.600. The van der Waals surface area contributed by atoms with Crippen molar-refractivity contribution in [1.82, 2.24) is 5.32 Å². The van der Waals surface area contributed by atoms with Crippen molar-refractivity contribution < 1.29 is 18.0 Å². The molecular formula is C20H26N2O4S. The number of sulfone groups is 1. The summed E-state index contributed by atoms with van der Waals surface area (Å²) in [5.74, 6) is 0.225. The summed E-state index contributed by atoms with van der Waals surface area (Å²) in [5, 5.41) is 2.90. The molecule has 1 saturated carbocycles. The van der Waals surface area contributed by atoms with E-state index in [2.05, 4.69) is 11.4 Å². The first-order chi connectivity index (χ1) is 12.9. The molecule has 146 valence electrons. The van der Waals surface area contributed by atoms with E-state index in [4.69, 9.17) is 0 Å². The Labute approximate surface area is 160 Å². The van der Waals surface area contributed by atoms with Gasteiger partial charge in [-0.05, 0) is 50.2 Å². The Morgan fingerprint density at radius 1 is 1.00 bits per heavy atom. The fourth-order valence-electron chi connectivity index (χ4n) is 4.62. The highest BCUT2D eigenvalue weighted by Crippen LogP contribution is 2.34. The van der Waals surface area contributed by atoms with Crippen LogP contribution in [0, 0.1) is 11.8 Å². The van der Waals surface area contributed by atoms with Gasteiger partial charge in [0.25, 0.3) is 0 Å². The van der Waals surface area contributed by atoms with E-state index in [9.17, 15) is 18.0 Å². The number of amides is 2. The van der Waals surface area contributed by atoms with Gasteiger partial charge in [0.1, 0.15) is 0 Å². The summed E-state index contributed by atoms with van der Waals surface area (Å²) < 4.78 is 23.1. The van der Waals surface area contributed by atoms with Gasteiger partial charge in [-0.25, -0.2) is 8.42 Å². The first-order valence-electron chi connectivity index (χ1n) is 9.83. The highest BCUT2D eigenvalue weighted by atomic mass is 32.2. The van der Waals surface area contributed by atoms with Gasteiger partial charge < -0.3 is 10.2 Å². The van der Waals surface area contributed by atoms with E-state index in [1.165, 1.54) is 5.56 Å². The zero-order valence-electron chi connectivity index (χ0n) is 15.4. The molecule has 2 fully saturated rings. The van der Waals surface area contributed by atoms with Crippen LogP contribution in [-0.4, -0.2) is 44.3 Å². The molecule has 1 aromatic carbocycles. The second-order valence-corrected chi connectivity index (χ2v) is 10.3. The van der Waals surface area contributed by atoms with Crippen molar-refractivity contribution in [2.24, 2.45) is 11.8 Å². The second kappa shape index (κ2) is 7.26. The molecule has 0 radical (unpaired) electrons. The summed E-state index contributed by atoms with van der Waals surface area (Å²) >= 11 is 0. The van der Waals surface area contributed by atoms with Gasteiger partial charge in [-0.3, -0.25) is 9.59 Å². The largest absolute Gasteiger partial charge is 0.352 e. The normalized spacial score (nSPS) is 29.3. The third kappa shape index (κ3) is 3.88. The predicted molar refractivity (Wildman–Crippen MR) is 103 cm³/mol. The van der Waals surface area contributed by atoms with Crippen molar-refractivity contribution in [2.45, 2.75) is 44.6 Å². The molecule has 0 bridgehead atoms. The molecule has 7 heteroatoms. The number of fused-ring (bicyclic) bond motifs is 1. The smallest absolute Gasteiger partial charge is 0.230 e. The molecule has 1 aromatic rings. The molecular weight excluding hydrogens is 364 g/mol. The van der Waals surface area contributed by atoms with Gasteiger partial charge >= 0.3 is 0 Å². The van der Waals surface area contributed by atoms with Crippen molar-refractivity contribution in [3.8, 4) is 0 Å². The molecule has 2 amide bonds. The van der Waals surface area contributed by atoms with E-state index in [-0.39, 0.29) is 41.2 Å². The molecule has 4 rings (SSSR count). The highest BCUT2D eigenvalue weighted by molar-refractivity contribution is 7.91. The topological polar surface area (TPSA) is 83.5 Å². The molecule has 2 aliphatic heterocycles. The number of nitrogens with one attached hydrogen (secondary N) is 1. The first kappa shape index (κ1) is 18.5. The quantitative estimate of drug-likeness (QED) is 0.851. The summed E-state index contributed by atoms with van der Waals surface area (Å²) in [4.78, 5) is 27.3. The van der Waals surface area contributed by atoms with E-state index in [0.717, 1.165) is 31.5 Å². The van der Waals surface area contributed by atoms with Crippen molar-refractivity contribution in [2.75, 3.05) is 23.0 Å². The number of carbonyl (C=O) groups excluding carboxylic acids is 2. The van der Waals surface area contributed by atoms with Gasteiger partial charge in [-0.1, -0.05) is 18.2 Å². The summed E-state index contributed by atoms with van der Waals surface area (Å²) in [6.07, 6.45) is 4.24. The number of anilines is 1. The summed E-state index contributed by atoms with van der Waals surface area (Å²) in [6, 6.07) is 7.81. The van der Waals surface area contributed by atoms with E-state index in [0.29, 0.717) is 19.3 Å². The lowest BCUT2D eigenvalue weighted by molar-refractivity contribution is -0.129. The van der Waals surface area contributed by atoms with Crippen LogP contribution in [0.5, 0.6) is 0 Å². The van der Waals surface area contributed by atoms with Gasteiger partial charge in [0.2, 0.25) is 11.8 Å². The number of hydrogen-bond donors (Lipinski definition) is 1. The van der Waals surface area contributed by atoms with E-state index in [1.54, 1.807) is 0 Å². The van der Waals surface area contributed by atoms with E-state index < -0.39 is 9.84 Å². The minimum absolute atomic E-state index is 0.0212. The molecule has 1 unspecified atom stereocenters. The minimum Gasteiger partial charge on any atom is -0.352 e. The number of carbonyl (C=O) groups is 2. The third-order valence-electron chi connectivity index (χ3n) is 6.18. The molecule has 6 nitrogen and oxygen atoms in total. The Morgan fingerprint density at radius 2 is 1.70 bits per heavy atom. The van der Waals surface area contributed by atoms with Gasteiger partial charge in [0.05, 0.1) is 11.5 Å². The number of para-hydroxylation sites is 1. The summed E-state index contributed by atoms with van der Waals surface area (Å²) in [6.45, 7) is 0.745. The second-order valence-electron chi connectivity index (χ2n) is 8.03. The Morgan fingerprint density at radius 3 is 2.41 bits per heavy atom. The lowest BCUT2D eigenvalue weighted by Crippen LogP contribution is -2.42. The molecule has 3 aliphatic rings. The number of hydrogen-bond acceptors (Lipinski definition) is 4.